The van der Waals surface area contributed by atoms with E-state index in [9.17, 15) is 0 Å². The molecule has 2 atom stereocenters. The number of carbonyl (C=O) groups excluding carboxylic acids is 1. The second-order valence-electron chi connectivity index (χ2n) is 10.2. The maximum atomic E-state index is 15.1. The van der Waals surface area contributed by atoms with Gasteiger partial charge in [0.15, 0.2) is 0 Å². The smallest absolute Gasteiger partial charge is 0.266 e. The molecule has 0 saturated heterocycles. The molecule has 0 aliphatic carbocycles. The normalized spacial score (nSPS) is 20.1. The second-order valence-corrected chi connectivity index (χ2v) is 11.8. The number of carbonyl (C=O) groups is 1. The number of halogens is 1. The molecule has 7 rings (SSSR count). The summed E-state index contributed by atoms with van der Waals surface area (Å²) in [6.45, 7) is 0. The van der Waals surface area contributed by atoms with E-state index in [2.05, 4.69) is 24.3 Å². The van der Waals surface area contributed by atoms with Crippen LogP contribution >= 0.6 is 23.4 Å². The van der Waals surface area contributed by atoms with E-state index < -0.39 is 5.72 Å². The Morgan fingerprint density at radius 3 is 2.07 bits per heavy atom. The molecular formula is C36H26ClNO2S. The molecule has 1 amide bonds. The maximum absolute atomic E-state index is 15.1. The Kier molecular flexibility index (Phi) is 6.66. The van der Waals surface area contributed by atoms with Crippen molar-refractivity contribution in [1.29, 1.82) is 0 Å². The third kappa shape index (κ3) is 4.54. The maximum Gasteiger partial charge on any atom is 0.266 e. The fourth-order valence-electron chi connectivity index (χ4n) is 5.81. The molecule has 0 N–H and O–H groups in total. The van der Waals surface area contributed by atoms with Crippen LogP contribution in [0.3, 0.4) is 0 Å². The molecule has 2 heterocycles. The van der Waals surface area contributed by atoms with Gasteiger partial charge in [-0.2, -0.15) is 0 Å². The Hall–Kier alpha value is -4.25. The summed E-state index contributed by atoms with van der Waals surface area (Å²) in [4.78, 5) is 18.0. The third-order valence-corrected chi connectivity index (χ3v) is 9.21. The van der Waals surface area contributed by atoms with Crippen LogP contribution in [0.2, 0.25) is 5.02 Å². The van der Waals surface area contributed by atoms with Crippen LogP contribution < -0.4 is 4.90 Å². The fourth-order valence-corrected chi connectivity index (χ4v) is 7.35. The van der Waals surface area contributed by atoms with Crippen molar-refractivity contribution in [3.63, 3.8) is 0 Å². The van der Waals surface area contributed by atoms with Gasteiger partial charge in [-0.3, -0.25) is 9.69 Å². The number of ether oxygens (including phenoxy) is 1. The molecule has 0 saturated carbocycles. The third-order valence-electron chi connectivity index (χ3n) is 7.66. The van der Waals surface area contributed by atoms with Crippen LogP contribution in [0.1, 0.15) is 33.9 Å². The zero-order chi connectivity index (χ0) is 27.8. The highest BCUT2D eigenvalue weighted by molar-refractivity contribution is 7.99. The van der Waals surface area contributed by atoms with Crippen molar-refractivity contribution in [2.45, 2.75) is 22.3 Å². The summed E-state index contributed by atoms with van der Waals surface area (Å²) < 4.78 is 7.34. The molecule has 0 radical (unpaired) electrons. The van der Waals surface area contributed by atoms with E-state index in [1.54, 1.807) is 11.8 Å². The summed E-state index contributed by atoms with van der Waals surface area (Å²) >= 11 is 8.24. The number of anilines is 1. The number of benzene rings is 5. The predicted octanol–water partition coefficient (Wildman–Crippen LogP) is 9.36. The zero-order valence-electron chi connectivity index (χ0n) is 22.1. The highest BCUT2D eigenvalue weighted by Crippen LogP contribution is 2.58. The van der Waals surface area contributed by atoms with Crippen molar-refractivity contribution in [3.05, 3.63) is 167 Å². The molecule has 200 valence electrons. The molecule has 41 heavy (non-hydrogen) atoms. The number of hydrogen-bond donors (Lipinski definition) is 0. The van der Waals surface area contributed by atoms with Crippen LogP contribution in [0.15, 0.2) is 144 Å². The first-order valence-electron chi connectivity index (χ1n) is 13.6. The molecule has 2 unspecified atom stereocenters. The molecule has 0 bridgehead atoms. The topological polar surface area (TPSA) is 29.5 Å². The number of para-hydroxylation sites is 1. The van der Waals surface area contributed by atoms with E-state index in [-0.39, 0.29) is 11.2 Å². The number of hydrogen-bond acceptors (Lipinski definition) is 3. The minimum Gasteiger partial charge on any atom is -0.462 e. The molecule has 2 aliphatic heterocycles. The Morgan fingerprint density at radius 2 is 1.37 bits per heavy atom. The van der Waals surface area contributed by atoms with Gasteiger partial charge in [0.2, 0.25) is 5.72 Å². The standard InChI is InChI=1S/C36H26ClNO2S/c37-29-20-12-17-27(23-29)32-24-36(28-18-8-3-9-19-28)38(30-21-10-11-22-31(30)41-32)35(39)33(25-13-4-1-5-14-25)34(40-36)26-15-6-2-7-16-26/h1-23,32H,24H2. The number of rotatable bonds is 4. The van der Waals surface area contributed by atoms with Crippen molar-refractivity contribution < 1.29 is 9.53 Å². The number of nitrogens with zero attached hydrogens (tertiary/aromatic N) is 1. The quantitative estimate of drug-likeness (QED) is 0.215. The van der Waals surface area contributed by atoms with Gasteiger partial charge in [-0.1, -0.05) is 127 Å². The summed E-state index contributed by atoms with van der Waals surface area (Å²) in [7, 11) is 0. The first kappa shape index (κ1) is 25.7. The molecule has 0 aromatic heterocycles. The van der Waals surface area contributed by atoms with Gasteiger partial charge in [0, 0.05) is 32.7 Å². The molecule has 5 aromatic rings. The van der Waals surface area contributed by atoms with Gasteiger partial charge in [0.1, 0.15) is 5.76 Å². The Balaban J connectivity index is 1.55. The molecule has 3 nitrogen and oxygen atoms in total. The second kappa shape index (κ2) is 10.6. The number of fused-ring (bicyclic) bond motifs is 3. The largest absolute Gasteiger partial charge is 0.462 e. The molecule has 2 aliphatic rings. The van der Waals surface area contributed by atoms with Crippen LogP contribution in [0.25, 0.3) is 11.3 Å². The van der Waals surface area contributed by atoms with Crippen LogP contribution in [0.4, 0.5) is 5.69 Å². The summed E-state index contributed by atoms with van der Waals surface area (Å²) in [5, 5.41) is 0.645. The minimum atomic E-state index is -1.12. The van der Waals surface area contributed by atoms with Crippen LogP contribution in [0, 0.1) is 0 Å². The monoisotopic (exact) mass is 571 g/mol. The lowest BCUT2D eigenvalue weighted by Gasteiger charge is -2.48. The van der Waals surface area contributed by atoms with Gasteiger partial charge in [0.05, 0.1) is 11.3 Å². The van der Waals surface area contributed by atoms with Gasteiger partial charge in [-0.15, -0.1) is 11.8 Å². The van der Waals surface area contributed by atoms with Crippen molar-refractivity contribution in [3.8, 4) is 0 Å². The van der Waals surface area contributed by atoms with Gasteiger partial charge in [-0.05, 0) is 35.4 Å². The zero-order valence-corrected chi connectivity index (χ0v) is 23.7. The first-order valence-corrected chi connectivity index (χ1v) is 14.9. The van der Waals surface area contributed by atoms with E-state index in [0.717, 1.165) is 32.8 Å². The Bertz CT molecular complexity index is 1760. The molecular weight excluding hydrogens is 546 g/mol. The SMILES string of the molecule is O=C1C(c2ccccc2)=C(c2ccccc2)OC2(c3ccccc3)CC(c3cccc(Cl)c3)Sc3ccccc3N12. The van der Waals surface area contributed by atoms with Gasteiger partial charge in [-0.25, -0.2) is 0 Å². The predicted molar refractivity (Wildman–Crippen MR) is 167 cm³/mol. The highest BCUT2D eigenvalue weighted by atomic mass is 35.5. The fraction of sp³-hybridized carbons (Fsp3) is 0.0833. The Morgan fingerprint density at radius 1 is 0.732 bits per heavy atom. The van der Waals surface area contributed by atoms with Crippen molar-refractivity contribution in [2.75, 3.05) is 4.90 Å². The van der Waals surface area contributed by atoms with E-state index >= 15 is 4.79 Å². The summed E-state index contributed by atoms with van der Waals surface area (Å²) in [5.74, 6) is 0.487. The van der Waals surface area contributed by atoms with E-state index in [0.29, 0.717) is 22.8 Å². The van der Waals surface area contributed by atoms with Crippen LogP contribution in [-0.2, 0) is 15.3 Å². The summed E-state index contributed by atoms with van der Waals surface area (Å²) in [5.41, 5.74) is 3.94. The van der Waals surface area contributed by atoms with E-state index in [1.165, 1.54) is 0 Å². The summed E-state index contributed by atoms with van der Waals surface area (Å²) in [6, 6.07) is 46.0. The molecule has 5 heteroatoms. The van der Waals surface area contributed by atoms with Crippen LogP contribution in [-0.4, -0.2) is 5.91 Å². The van der Waals surface area contributed by atoms with Crippen LogP contribution in [0.5, 0.6) is 0 Å². The lowest BCUT2D eigenvalue weighted by molar-refractivity contribution is -0.120. The lowest BCUT2D eigenvalue weighted by atomic mass is 9.87. The molecule has 0 spiro atoms. The van der Waals surface area contributed by atoms with Crippen molar-refractivity contribution in [1.82, 2.24) is 0 Å². The minimum absolute atomic E-state index is 0.0387. The highest BCUT2D eigenvalue weighted by Gasteiger charge is 2.54. The van der Waals surface area contributed by atoms with Gasteiger partial charge >= 0.3 is 0 Å². The van der Waals surface area contributed by atoms with E-state index in [1.807, 2.05) is 120 Å². The summed E-state index contributed by atoms with van der Waals surface area (Å²) in [6.07, 6.45) is 0.515. The Labute approximate surface area is 249 Å². The number of thioether (sulfide) groups is 1. The molecule has 5 aromatic carbocycles. The van der Waals surface area contributed by atoms with Gasteiger partial charge < -0.3 is 4.74 Å². The number of amides is 1. The average Bonchev–Trinajstić information content (AvgIpc) is 3.18. The van der Waals surface area contributed by atoms with Crippen molar-refractivity contribution >= 4 is 46.3 Å². The van der Waals surface area contributed by atoms with Gasteiger partial charge in [0.25, 0.3) is 5.91 Å². The lowest BCUT2D eigenvalue weighted by Crippen LogP contribution is -2.55. The molecule has 0 fully saturated rings. The first-order chi connectivity index (χ1) is 20.1. The van der Waals surface area contributed by atoms with Crippen molar-refractivity contribution in [2.24, 2.45) is 0 Å². The van der Waals surface area contributed by atoms with E-state index in [4.69, 9.17) is 16.3 Å². The average molecular weight is 572 g/mol.